The van der Waals surface area contributed by atoms with Crippen LogP contribution in [-0.2, 0) is 9.59 Å². The normalized spacial score (nSPS) is 44.5. The summed E-state index contributed by atoms with van der Waals surface area (Å²) >= 11 is 0. The molecule has 4 rings (SSSR count). The molecular weight excluding hydrogens is 424 g/mol. The number of hydrogen-bond acceptors (Lipinski definition) is 3. The van der Waals surface area contributed by atoms with Crippen LogP contribution in [0.1, 0.15) is 99.8 Å². The molecule has 34 heavy (non-hydrogen) atoms. The van der Waals surface area contributed by atoms with Crippen LogP contribution in [0.15, 0.2) is 23.3 Å². The first-order valence-corrected chi connectivity index (χ1v) is 13.5. The van der Waals surface area contributed by atoms with Crippen molar-refractivity contribution in [2.45, 2.75) is 106 Å². The van der Waals surface area contributed by atoms with Gasteiger partial charge in [0.1, 0.15) is 5.78 Å². The van der Waals surface area contributed by atoms with Gasteiger partial charge in [-0.05, 0) is 86.4 Å². The molecule has 4 heteroatoms. The summed E-state index contributed by atoms with van der Waals surface area (Å²) in [7, 11) is 0. The topological polar surface area (TPSA) is 74.6 Å². The van der Waals surface area contributed by atoms with E-state index in [9.17, 15) is 14.7 Å². The van der Waals surface area contributed by atoms with Gasteiger partial charge in [0.15, 0.2) is 0 Å². The van der Waals surface area contributed by atoms with Crippen LogP contribution in [0.25, 0.3) is 0 Å². The minimum absolute atomic E-state index is 0.0271. The molecule has 0 aromatic heterocycles. The van der Waals surface area contributed by atoms with E-state index in [1.807, 2.05) is 6.08 Å². The van der Waals surface area contributed by atoms with Crippen molar-refractivity contribution in [3.05, 3.63) is 23.3 Å². The van der Waals surface area contributed by atoms with Gasteiger partial charge in [-0.1, -0.05) is 59.3 Å². The Kier molecular flexibility index (Phi) is 6.28. The second kappa shape index (κ2) is 8.32. The van der Waals surface area contributed by atoms with Crippen LogP contribution >= 0.6 is 0 Å². The molecule has 0 radical (unpaired) electrons. The Hall–Kier alpha value is -1.42. The Bertz CT molecular complexity index is 928. The number of carboxylic acid groups (broad SMARTS) is 1. The average molecular weight is 471 g/mol. The molecule has 0 amide bonds. The van der Waals surface area contributed by atoms with Crippen molar-refractivity contribution in [1.82, 2.24) is 0 Å². The SMILES string of the molecule is C/C(=C/CC[C@@H](C)[C@H]1CC[C@@]2(C)C3=CC[C@H]4C(C)(C)C(=O)CC[C@]4(C)[C@@H]3C[C@H](O)[C@]12C)C(=O)O. The lowest BCUT2D eigenvalue weighted by atomic mass is 9.40. The third-order valence-electron chi connectivity index (χ3n) is 11.8. The van der Waals surface area contributed by atoms with Gasteiger partial charge in [0.2, 0.25) is 0 Å². The lowest BCUT2D eigenvalue weighted by Gasteiger charge is -2.64. The van der Waals surface area contributed by atoms with E-state index < -0.39 is 5.97 Å². The summed E-state index contributed by atoms with van der Waals surface area (Å²) in [5, 5.41) is 21.0. The second-order valence-corrected chi connectivity index (χ2v) is 13.4. The Balaban J connectivity index is 1.64. The van der Waals surface area contributed by atoms with Gasteiger partial charge in [-0.3, -0.25) is 4.79 Å². The van der Waals surface area contributed by atoms with E-state index in [4.69, 9.17) is 5.11 Å². The summed E-state index contributed by atoms with van der Waals surface area (Å²) in [6.07, 6.45) is 11.3. The molecule has 0 saturated heterocycles. The van der Waals surface area contributed by atoms with Crippen LogP contribution < -0.4 is 0 Å². The van der Waals surface area contributed by atoms with Crippen LogP contribution in [0.5, 0.6) is 0 Å². The monoisotopic (exact) mass is 470 g/mol. The molecule has 0 aromatic rings. The maximum absolute atomic E-state index is 12.8. The highest BCUT2D eigenvalue weighted by molar-refractivity contribution is 5.86. The minimum atomic E-state index is -0.842. The molecule has 0 spiro atoms. The zero-order valence-electron chi connectivity index (χ0n) is 22.4. The Morgan fingerprint density at radius 3 is 2.53 bits per heavy atom. The predicted molar refractivity (Wildman–Crippen MR) is 135 cm³/mol. The molecule has 3 saturated carbocycles. The minimum Gasteiger partial charge on any atom is -0.478 e. The molecule has 4 aliphatic carbocycles. The molecule has 0 aromatic carbocycles. The van der Waals surface area contributed by atoms with Gasteiger partial charge < -0.3 is 10.2 Å². The fraction of sp³-hybridized carbons (Fsp3) is 0.800. The molecule has 3 fully saturated rings. The van der Waals surface area contributed by atoms with Crippen molar-refractivity contribution in [1.29, 1.82) is 0 Å². The zero-order valence-corrected chi connectivity index (χ0v) is 22.4. The number of allylic oxidation sites excluding steroid dienone is 3. The van der Waals surface area contributed by atoms with E-state index in [0.29, 0.717) is 41.4 Å². The molecule has 190 valence electrons. The van der Waals surface area contributed by atoms with Crippen molar-refractivity contribution < 1.29 is 19.8 Å². The van der Waals surface area contributed by atoms with Gasteiger partial charge >= 0.3 is 5.97 Å². The van der Waals surface area contributed by atoms with Gasteiger partial charge in [-0.15, -0.1) is 0 Å². The molecule has 0 bridgehead atoms. The van der Waals surface area contributed by atoms with E-state index in [1.54, 1.807) is 12.5 Å². The number of hydrogen-bond donors (Lipinski definition) is 2. The number of carbonyl (C=O) groups excluding carboxylic acids is 1. The van der Waals surface area contributed by atoms with Crippen molar-refractivity contribution in [3.63, 3.8) is 0 Å². The Labute approximate surface area is 206 Å². The first kappa shape index (κ1) is 25.7. The third kappa shape index (κ3) is 3.41. The van der Waals surface area contributed by atoms with E-state index in [-0.39, 0.29) is 27.8 Å². The highest BCUT2D eigenvalue weighted by atomic mass is 16.4. The summed E-state index contributed by atoms with van der Waals surface area (Å²) < 4.78 is 0. The van der Waals surface area contributed by atoms with Crippen molar-refractivity contribution in [3.8, 4) is 0 Å². The molecule has 8 atom stereocenters. The van der Waals surface area contributed by atoms with Gasteiger partial charge in [0.25, 0.3) is 0 Å². The maximum atomic E-state index is 12.8. The number of ketones is 1. The summed E-state index contributed by atoms with van der Waals surface area (Å²) in [6.45, 7) is 15.4. The van der Waals surface area contributed by atoms with E-state index >= 15 is 0 Å². The molecule has 4 nitrogen and oxygen atoms in total. The lowest BCUT2D eigenvalue weighted by Crippen LogP contribution is -2.61. The average Bonchev–Trinajstić information content (AvgIpc) is 3.05. The summed E-state index contributed by atoms with van der Waals surface area (Å²) in [4.78, 5) is 24.0. The predicted octanol–water partition coefficient (Wildman–Crippen LogP) is 6.58. The van der Waals surface area contributed by atoms with Crippen LogP contribution in [0.2, 0.25) is 0 Å². The number of aliphatic hydroxyl groups is 1. The quantitative estimate of drug-likeness (QED) is 0.352. The number of Topliss-reactive ketones (excluding diaryl/α,β-unsaturated/α-hetero) is 1. The summed E-state index contributed by atoms with van der Waals surface area (Å²) in [6, 6.07) is 0. The van der Waals surface area contributed by atoms with Crippen LogP contribution in [-0.4, -0.2) is 28.1 Å². The standard InChI is InChI=1S/C30H46O4/c1-18(9-8-10-19(2)26(33)34)20-13-16-29(6)21-11-12-23-27(3,4)24(31)14-15-28(23,5)22(21)17-25(32)30(20,29)7/h10-11,18,20,22-23,25,32H,8-9,12-17H2,1-7H3,(H,33,34)/b19-10-/t18-,20-,22-,23+,25+,28-,29+,30+/m1/s1. The largest absolute Gasteiger partial charge is 0.478 e. The fourth-order valence-electron chi connectivity index (χ4n) is 9.31. The number of rotatable bonds is 5. The third-order valence-corrected chi connectivity index (χ3v) is 11.8. The first-order chi connectivity index (χ1) is 15.7. The molecule has 0 unspecified atom stereocenters. The highest BCUT2D eigenvalue weighted by Gasteiger charge is 2.68. The van der Waals surface area contributed by atoms with Crippen molar-refractivity contribution in [2.24, 2.45) is 45.3 Å². The van der Waals surface area contributed by atoms with Crippen LogP contribution in [0.4, 0.5) is 0 Å². The van der Waals surface area contributed by atoms with Crippen molar-refractivity contribution in [2.75, 3.05) is 0 Å². The molecule has 0 aliphatic heterocycles. The molecule has 0 heterocycles. The van der Waals surface area contributed by atoms with Crippen molar-refractivity contribution >= 4 is 11.8 Å². The number of carbonyl (C=O) groups is 2. The summed E-state index contributed by atoms with van der Waals surface area (Å²) in [5.74, 6) is 1.10. The molecule has 2 N–H and O–H groups in total. The molecule has 4 aliphatic rings. The lowest BCUT2D eigenvalue weighted by molar-refractivity contribution is -0.155. The van der Waals surface area contributed by atoms with E-state index in [2.05, 4.69) is 47.6 Å². The van der Waals surface area contributed by atoms with Gasteiger partial charge in [-0.25, -0.2) is 4.79 Å². The van der Waals surface area contributed by atoms with Gasteiger partial charge in [0, 0.05) is 22.8 Å². The number of carboxylic acids is 1. The summed E-state index contributed by atoms with van der Waals surface area (Å²) in [5.41, 5.74) is 1.55. The van der Waals surface area contributed by atoms with E-state index in [1.165, 1.54) is 0 Å². The zero-order chi connectivity index (χ0) is 25.3. The van der Waals surface area contributed by atoms with Gasteiger partial charge in [-0.2, -0.15) is 0 Å². The number of fused-ring (bicyclic) bond motifs is 5. The number of aliphatic carboxylic acids is 1. The highest BCUT2D eigenvalue weighted by Crippen LogP contribution is 2.73. The Morgan fingerprint density at radius 1 is 1.21 bits per heavy atom. The molecular formula is C30H46O4. The fourth-order valence-corrected chi connectivity index (χ4v) is 9.31. The maximum Gasteiger partial charge on any atom is 0.330 e. The second-order valence-electron chi connectivity index (χ2n) is 13.4. The number of aliphatic hydroxyl groups excluding tert-OH is 1. The van der Waals surface area contributed by atoms with Crippen LogP contribution in [0.3, 0.4) is 0 Å². The first-order valence-electron chi connectivity index (χ1n) is 13.5. The van der Waals surface area contributed by atoms with E-state index in [0.717, 1.165) is 44.9 Å². The smallest absolute Gasteiger partial charge is 0.330 e. The van der Waals surface area contributed by atoms with Crippen LogP contribution in [0, 0.1) is 45.3 Å². The Morgan fingerprint density at radius 2 is 1.88 bits per heavy atom. The van der Waals surface area contributed by atoms with Gasteiger partial charge in [0.05, 0.1) is 6.10 Å².